The average Bonchev–Trinajstić information content (AvgIpc) is 2.98. The van der Waals surface area contributed by atoms with E-state index in [2.05, 4.69) is 0 Å². The summed E-state index contributed by atoms with van der Waals surface area (Å²) in [6.45, 7) is 7.63. The van der Waals surface area contributed by atoms with Gasteiger partial charge in [-0.15, -0.1) is 0 Å². The summed E-state index contributed by atoms with van der Waals surface area (Å²) in [5.41, 5.74) is 3.02. The zero-order chi connectivity index (χ0) is 20.0. The summed E-state index contributed by atoms with van der Waals surface area (Å²) in [5.74, 6) is 1.39. The van der Waals surface area contributed by atoms with E-state index in [1.165, 1.54) is 0 Å². The molecule has 0 saturated carbocycles. The van der Waals surface area contributed by atoms with Gasteiger partial charge in [0.25, 0.3) is 0 Å². The number of carbonyl (C=O) groups excluding carboxylic acids is 2. The molecule has 5 nitrogen and oxygen atoms in total. The maximum atomic E-state index is 12.7. The van der Waals surface area contributed by atoms with Gasteiger partial charge < -0.3 is 14.2 Å². The molecule has 2 aromatic carbocycles. The minimum absolute atomic E-state index is 0.0846. The summed E-state index contributed by atoms with van der Waals surface area (Å²) in [6.07, 6.45) is 0.275. The number of ether oxygens (including phenoxy) is 3. The lowest BCUT2D eigenvalue weighted by Gasteiger charge is -2.26. The highest BCUT2D eigenvalue weighted by molar-refractivity contribution is 6.13. The Bertz CT molecular complexity index is 994. The topological polar surface area (TPSA) is 61.8 Å². The Hall–Kier alpha value is -3.08. The second-order valence-corrected chi connectivity index (χ2v) is 7.58. The number of hydrogen-bond acceptors (Lipinski definition) is 5. The number of fused-ring (bicyclic) bond motifs is 3. The third-order valence-electron chi connectivity index (χ3n) is 4.86. The Morgan fingerprint density at radius 1 is 1.04 bits per heavy atom. The Kier molecular flexibility index (Phi) is 4.46. The van der Waals surface area contributed by atoms with Crippen LogP contribution in [-0.4, -0.2) is 17.9 Å². The number of esters is 1. The maximum absolute atomic E-state index is 12.7. The standard InChI is InChI=1S/C23H22O5/c1-12(2)22-21(25)16-9-10-18-20(23(16)28-22)17(11-19(24)27-18)14-5-7-15(8-6-14)26-13(3)4/h5-10,13,17H,11H2,1-4H3. The minimum Gasteiger partial charge on any atom is -0.491 e. The summed E-state index contributed by atoms with van der Waals surface area (Å²) in [4.78, 5) is 24.9. The summed E-state index contributed by atoms with van der Waals surface area (Å²) in [7, 11) is 0. The van der Waals surface area contributed by atoms with Gasteiger partial charge in [-0.25, -0.2) is 0 Å². The summed E-state index contributed by atoms with van der Waals surface area (Å²) < 4.78 is 17.1. The maximum Gasteiger partial charge on any atom is 0.312 e. The molecule has 0 radical (unpaired) electrons. The van der Waals surface area contributed by atoms with Crippen LogP contribution in [0.4, 0.5) is 0 Å². The molecule has 0 aromatic heterocycles. The van der Waals surface area contributed by atoms with E-state index in [1.54, 1.807) is 12.1 Å². The van der Waals surface area contributed by atoms with Gasteiger partial charge in [-0.05, 0) is 63.1 Å². The van der Waals surface area contributed by atoms with Crippen molar-refractivity contribution in [3.8, 4) is 17.2 Å². The SMILES string of the molecule is CC(C)=C1Oc2c(ccc3c2C(c2ccc(OC(C)C)cc2)CC(=O)O3)C1=O. The first-order valence-electron chi connectivity index (χ1n) is 9.39. The largest absolute Gasteiger partial charge is 0.491 e. The molecule has 2 aliphatic heterocycles. The van der Waals surface area contributed by atoms with Gasteiger partial charge >= 0.3 is 5.97 Å². The molecule has 5 heteroatoms. The lowest BCUT2D eigenvalue weighted by molar-refractivity contribution is -0.135. The lowest BCUT2D eigenvalue weighted by Crippen LogP contribution is -2.21. The molecule has 0 fully saturated rings. The molecule has 1 atom stereocenters. The fraction of sp³-hybridized carbons (Fsp3) is 0.304. The third kappa shape index (κ3) is 3.07. The monoisotopic (exact) mass is 378 g/mol. The van der Waals surface area contributed by atoms with E-state index in [0.717, 1.165) is 22.4 Å². The number of benzene rings is 2. The molecule has 2 aliphatic rings. The van der Waals surface area contributed by atoms with Crippen molar-refractivity contribution in [3.63, 3.8) is 0 Å². The molecule has 0 saturated heterocycles. The van der Waals surface area contributed by atoms with Gasteiger partial charge in [0.05, 0.1) is 18.1 Å². The third-order valence-corrected chi connectivity index (χ3v) is 4.86. The molecule has 0 spiro atoms. The predicted octanol–water partition coefficient (Wildman–Crippen LogP) is 4.78. The van der Waals surface area contributed by atoms with Crippen molar-refractivity contribution in [2.45, 2.75) is 46.1 Å². The highest BCUT2D eigenvalue weighted by Crippen LogP contribution is 2.49. The van der Waals surface area contributed by atoms with Crippen LogP contribution in [0.3, 0.4) is 0 Å². The fourth-order valence-corrected chi connectivity index (χ4v) is 3.66. The second-order valence-electron chi connectivity index (χ2n) is 7.58. The van der Waals surface area contributed by atoms with Crippen molar-refractivity contribution in [1.82, 2.24) is 0 Å². The first-order chi connectivity index (χ1) is 13.3. The summed E-state index contributed by atoms with van der Waals surface area (Å²) in [5, 5.41) is 0. The van der Waals surface area contributed by atoms with Crippen LogP contribution < -0.4 is 14.2 Å². The predicted molar refractivity (Wildman–Crippen MR) is 104 cm³/mol. The van der Waals surface area contributed by atoms with Gasteiger partial charge in [0.1, 0.15) is 17.2 Å². The molecule has 0 bridgehead atoms. The number of carbonyl (C=O) groups is 2. The molecule has 4 rings (SSSR count). The molecule has 0 aliphatic carbocycles. The Balaban J connectivity index is 1.80. The van der Waals surface area contributed by atoms with Gasteiger partial charge in [-0.3, -0.25) is 9.59 Å². The van der Waals surface area contributed by atoms with Gasteiger partial charge in [0.15, 0.2) is 5.76 Å². The van der Waals surface area contributed by atoms with Crippen LogP contribution in [0.25, 0.3) is 0 Å². The first kappa shape index (κ1) is 18.3. The Labute approximate surface area is 163 Å². The van der Waals surface area contributed by atoms with E-state index in [1.807, 2.05) is 52.0 Å². The molecule has 1 unspecified atom stereocenters. The minimum atomic E-state index is -0.299. The van der Waals surface area contributed by atoms with E-state index in [-0.39, 0.29) is 30.2 Å². The van der Waals surface area contributed by atoms with Gasteiger partial charge in [-0.2, -0.15) is 0 Å². The first-order valence-corrected chi connectivity index (χ1v) is 9.39. The van der Waals surface area contributed by atoms with Crippen LogP contribution in [0.5, 0.6) is 17.2 Å². The van der Waals surface area contributed by atoms with Crippen LogP contribution in [0, 0.1) is 0 Å². The van der Waals surface area contributed by atoms with E-state index in [4.69, 9.17) is 14.2 Å². The van der Waals surface area contributed by atoms with E-state index >= 15 is 0 Å². The van der Waals surface area contributed by atoms with Crippen LogP contribution in [0.2, 0.25) is 0 Å². The van der Waals surface area contributed by atoms with Gasteiger partial charge in [0.2, 0.25) is 5.78 Å². The highest BCUT2D eigenvalue weighted by atomic mass is 16.5. The number of hydrogen-bond donors (Lipinski definition) is 0. The summed E-state index contributed by atoms with van der Waals surface area (Å²) in [6, 6.07) is 11.0. The normalized spacial score (nSPS) is 17.8. The fourth-order valence-electron chi connectivity index (χ4n) is 3.66. The van der Waals surface area contributed by atoms with Crippen LogP contribution in [0.15, 0.2) is 47.7 Å². The molecule has 2 aromatic rings. The molecular formula is C23H22O5. The van der Waals surface area contributed by atoms with Crippen molar-refractivity contribution in [3.05, 3.63) is 64.4 Å². The van der Waals surface area contributed by atoms with Crippen LogP contribution in [0.1, 0.15) is 61.5 Å². The average molecular weight is 378 g/mol. The highest BCUT2D eigenvalue weighted by Gasteiger charge is 2.38. The van der Waals surface area contributed by atoms with Gasteiger partial charge in [0, 0.05) is 11.5 Å². The second kappa shape index (κ2) is 6.82. The zero-order valence-corrected chi connectivity index (χ0v) is 16.4. The molecular weight excluding hydrogens is 356 g/mol. The van der Waals surface area contributed by atoms with E-state index in [9.17, 15) is 9.59 Å². The Morgan fingerprint density at radius 2 is 1.75 bits per heavy atom. The Morgan fingerprint density at radius 3 is 2.39 bits per heavy atom. The van der Waals surface area contributed by atoms with Crippen molar-refractivity contribution >= 4 is 11.8 Å². The van der Waals surface area contributed by atoms with Crippen molar-refractivity contribution in [1.29, 1.82) is 0 Å². The number of allylic oxidation sites excluding steroid dienone is 2. The van der Waals surface area contributed by atoms with E-state index < -0.39 is 0 Å². The number of ketones is 1. The van der Waals surface area contributed by atoms with Crippen molar-refractivity contribution in [2.75, 3.05) is 0 Å². The van der Waals surface area contributed by atoms with Gasteiger partial charge in [-0.1, -0.05) is 12.1 Å². The van der Waals surface area contributed by atoms with Crippen molar-refractivity contribution < 1.29 is 23.8 Å². The molecule has 0 amide bonds. The molecule has 2 heterocycles. The molecule has 144 valence electrons. The van der Waals surface area contributed by atoms with E-state index in [0.29, 0.717) is 22.8 Å². The number of rotatable bonds is 3. The van der Waals surface area contributed by atoms with Crippen molar-refractivity contribution in [2.24, 2.45) is 0 Å². The molecule has 0 N–H and O–H groups in total. The molecule has 28 heavy (non-hydrogen) atoms. The lowest BCUT2D eigenvalue weighted by atomic mass is 9.84. The zero-order valence-electron chi connectivity index (χ0n) is 16.4. The number of Topliss-reactive ketones (excluding diaryl/α,β-unsaturated/α-hetero) is 1. The smallest absolute Gasteiger partial charge is 0.312 e. The van der Waals surface area contributed by atoms with Crippen LogP contribution >= 0.6 is 0 Å². The summed E-state index contributed by atoms with van der Waals surface area (Å²) >= 11 is 0. The van der Waals surface area contributed by atoms with Crippen LogP contribution in [-0.2, 0) is 4.79 Å². The quantitative estimate of drug-likeness (QED) is 0.437.